The van der Waals surface area contributed by atoms with Crippen molar-refractivity contribution in [3.05, 3.63) is 96.1 Å². The second-order valence-corrected chi connectivity index (χ2v) is 7.91. The number of hydrogen-bond acceptors (Lipinski definition) is 6. The van der Waals surface area contributed by atoms with Gasteiger partial charge in [0.2, 0.25) is 11.8 Å². The molecule has 2 aromatic heterocycles. The van der Waals surface area contributed by atoms with Gasteiger partial charge in [-0.15, -0.1) is 0 Å². The van der Waals surface area contributed by atoms with Gasteiger partial charge in [0.1, 0.15) is 22.5 Å². The maximum Gasteiger partial charge on any atom is 0.227 e. The quantitative estimate of drug-likeness (QED) is 0.338. The first kappa shape index (κ1) is 19.1. The van der Waals surface area contributed by atoms with Crippen LogP contribution in [0.5, 0.6) is 11.5 Å². The Bertz CT molecular complexity index is 1470. The summed E-state index contributed by atoms with van der Waals surface area (Å²) in [6.07, 6.45) is 0.717. The molecule has 6 nitrogen and oxygen atoms in total. The van der Waals surface area contributed by atoms with Crippen molar-refractivity contribution in [3.8, 4) is 34.4 Å². The van der Waals surface area contributed by atoms with E-state index >= 15 is 0 Å². The van der Waals surface area contributed by atoms with E-state index in [0.29, 0.717) is 29.4 Å². The van der Waals surface area contributed by atoms with Crippen LogP contribution >= 0.6 is 0 Å². The first-order valence-electron chi connectivity index (χ1n) is 10.5. The number of benzene rings is 4. The van der Waals surface area contributed by atoms with Crippen LogP contribution in [0.15, 0.2) is 93.8 Å². The molecule has 0 fully saturated rings. The number of fused-ring (bicyclic) bond motifs is 2. The van der Waals surface area contributed by atoms with Gasteiger partial charge in [-0.05, 0) is 90.3 Å². The number of aromatic nitrogens is 2. The summed E-state index contributed by atoms with van der Waals surface area (Å²) in [7, 11) is 0. The summed E-state index contributed by atoms with van der Waals surface area (Å²) in [5.74, 6) is 1.45. The molecule has 4 aromatic carbocycles. The number of rotatable bonds is 4. The van der Waals surface area contributed by atoms with Gasteiger partial charge in [0, 0.05) is 11.1 Å². The third-order valence-electron chi connectivity index (χ3n) is 5.54. The van der Waals surface area contributed by atoms with E-state index in [1.807, 2.05) is 36.4 Å². The third-order valence-corrected chi connectivity index (χ3v) is 5.54. The number of aromatic hydroxyl groups is 2. The highest BCUT2D eigenvalue weighted by Crippen LogP contribution is 2.29. The minimum absolute atomic E-state index is 0.205. The van der Waals surface area contributed by atoms with Gasteiger partial charge in [-0.1, -0.05) is 12.1 Å². The van der Waals surface area contributed by atoms with Crippen molar-refractivity contribution in [1.82, 2.24) is 9.97 Å². The first-order chi connectivity index (χ1) is 16.1. The van der Waals surface area contributed by atoms with Crippen molar-refractivity contribution in [1.29, 1.82) is 0 Å². The summed E-state index contributed by atoms with van der Waals surface area (Å²) < 4.78 is 11.8. The largest absolute Gasteiger partial charge is 0.508 e. The van der Waals surface area contributed by atoms with E-state index in [0.717, 1.165) is 33.3 Å². The third kappa shape index (κ3) is 3.68. The zero-order chi connectivity index (χ0) is 22.4. The SMILES string of the molecule is Oc1ccc(-c2nc3cc(Cc4ccc5oc(-c6ccc(O)cc6)nc5c4)ccc3o2)cc1. The summed E-state index contributed by atoms with van der Waals surface area (Å²) in [6.45, 7) is 0. The standard InChI is InChI=1S/C27H18N2O4/c30-20-7-3-18(4-8-20)26-28-22-14-16(1-11-24(22)32-26)13-17-2-12-25-23(15-17)29-27(33-25)19-5-9-21(31)10-6-19/h1-12,14-15,30-31H,13H2. The molecular formula is C27H18N2O4. The summed E-state index contributed by atoms with van der Waals surface area (Å²) in [6, 6.07) is 25.5. The molecule has 0 saturated carbocycles. The smallest absolute Gasteiger partial charge is 0.227 e. The molecule has 0 atom stereocenters. The summed E-state index contributed by atoms with van der Waals surface area (Å²) in [5, 5.41) is 19.0. The van der Waals surface area contributed by atoms with Crippen molar-refractivity contribution in [2.75, 3.05) is 0 Å². The van der Waals surface area contributed by atoms with E-state index in [4.69, 9.17) is 8.83 Å². The molecule has 0 saturated heterocycles. The molecule has 0 aliphatic carbocycles. The Morgan fingerprint density at radius 3 is 1.39 bits per heavy atom. The number of oxazole rings is 2. The Hall–Kier alpha value is -4.58. The fourth-order valence-electron chi connectivity index (χ4n) is 3.86. The fourth-order valence-corrected chi connectivity index (χ4v) is 3.86. The van der Waals surface area contributed by atoms with Crippen LogP contribution in [0.1, 0.15) is 11.1 Å². The molecule has 0 radical (unpaired) electrons. The second kappa shape index (κ2) is 7.53. The van der Waals surface area contributed by atoms with Gasteiger partial charge >= 0.3 is 0 Å². The highest BCUT2D eigenvalue weighted by Gasteiger charge is 2.11. The normalized spacial score (nSPS) is 11.4. The maximum absolute atomic E-state index is 9.48. The van der Waals surface area contributed by atoms with Crippen LogP contribution in [0, 0.1) is 0 Å². The lowest BCUT2D eigenvalue weighted by Crippen LogP contribution is -1.88. The minimum atomic E-state index is 0.205. The molecule has 2 heterocycles. The van der Waals surface area contributed by atoms with Crippen molar-refractivity contribution >= 4 is 22.2 Å². The topological polar surface area (TPSA) is 92.5 Å². The molecule has 0 aliphatic heterocycles. The monoisotopic (exact) mass is 434 g/mol. The fraction of sp³-hybridized carbons (Fsp3) is 0.0370. The average molecular weight is 434 g/mol. The number of nitrogens with zero attached hydrogens (tertiary/aromatic N) is 2. The molecule has 33 heavy (non-hydrogen) atoms. The van der Waals surface area contributed by atoms with Crippen LogP contribution in [0.25, 0.3) is 45.1 Å². The molecule has 0 aliphatic rings. The van der Waals surface area contributed by atoms with E-state index < -0.39 is 0 Å². The van der Waals surface area contributed by atoms with Crippen LogP contribution in [0.2, 0.25) is 0 Å². The Morgan fingerprint density at radius 1 is 0.545 bits per heavy atom. The van der Waals surface area contributed by atoms with Crippen molar-refractivity contribution < 1.29 is 19.0 Å². The zero-order valence-electron chi connectivity index (χ0n) is 17.4. The lowest BCUT2D eigenvalue weighted by Gasteiger charge is -2.01. The van der Waals surface area contributed by atoms with E-state index in [1.165, 1.54) is 0 Å². The Kier molecular flexibility index (Phi) is 4.36. The predicted molar refractivity (Wildman–Crippen MR) is 125 cm³/mol. The minimum Gasteiger partial charge on any atom is -0.508 e. The molecule has 0 amide bonds. The molecule has 0 spiro atoms. The van der Waals surface area contributed by atoms with Crippen molar-refractivity contribution in [2.45, 2.75) is 6.42 Å². The predicted octanol–water partition coefficient (Wildman–Crippen LogP) is 6.31. The Morgan fingerprint density at radius 2 is 0.970 bits per heavy atom. The molecule has 160 valence electrons. The van der Waals surface area contributed by atoms with E-state index in [9.17, 15) is 10.2 Å². The summed E-state index contributed by atoms with van der Waals surface area (Å²) in [4.78, 5) is 9.23. The molecule has 2 N–H and O–H groups in total. The number of hydrogen-bond donors (Lipinski definition) is 2. The Labute approximate surface area is 188 Å². The van der Waals surface area contributed by atoms with Gasteiger partial charge in [0.05, 0.1) is 0 Å². The van der Waals surface area contributed by atoms with Crippen molar-refractivity contribution in [3.63, 3.8) is 0 Å². The maximum atomic E-state index is 9.48. The average Bonchev–Trinajstić information content (AvgIpc) is 3.44. The molecule has 0 bridgehead atoms. The zero-order valence-corrected chi connectivity index (χ0v) is 17.4. The first-order valence-corrected chi connectivity index (χ1v) is 10.5. The lowest BCUT2D eigenvalue weighted by atomic mass is 10.0. The van der Waals surface area contributed by atoms with Gasteiger partial charge in [-0.2, -0.15) is 0 Å². The van der Waals surface area contributed by atoms with Crippen LogP contribution in [-0.2, 0) is 6.42 Å². The van der Waals surface area contributed by atoms with Gasteiger partial charge in [-0.25, -0.2) is 9.97 Å². The lowest BCUT2D eigenvalue weighted by molar-refractivity contribution is 0.474. The van der Waals surface area contributed by atoms with Crippen LogP contribution < -0.4 is 0 Å². The molecule has 6 heteroatoms. The second-order valence-electron chi connectivity index (χ2n) is 7.91. The molecular weight excluding hydrogens is 416 g/mol. The van der Waals surface area contributed by atoms with E-state index in [-0.39, 0.29) is 11.5 Å². The highest BCUT2D eigenvalue weighted by atomic mass is 16.4. The van der Waals surface area contributed by atoms with Crippen LogP contribution in [0.3, 0.4) is 0 Å². The highest BCUT2D eigenvalue weighted by molar-refractivity contribution is 5.78. The Balaban J connectivity index is 1.28. The van der Waals surface area contributed by atoms with E-state index in [2.05, 4.69) is 9.97 Å². The van der Waals surface area contributed by atoms with Gasteiger partial charge in [0.15, 0.2) is 11.2 Å². The molecule has 6 rings (SSSR count). The number of phenols is 2. The van der Waals surface area contributed by atoms with Crippen LogP contribution in [0.4, 0.5) is 0 Å². The van der Waals surface area contributed by atoms with Gasteiger partial charge in [-0.3, -0.25) is 0 Å². The summed E-state index contributed by atoms with van der Waals surface area (Å²) >= 11 is 0. The molecule has 0 unspecified atom stereocenters. The van der Waals surface area contributed by atoms with Gasteiger partial charge < -0.3 is 19.0 Å². The van der Waals surface area contributed by atoms with Gasteiger partial charge in [0.25, 0.3) is 0 Å². The van der Waals surface area contributed by atoms with Crippen molar-refractivity contribution in [2.24, 2.45) is 0 Å². The summed E-state index contributed by atoms with van der Waals surface area (Å²) in [5.41, 5.74) is 6.84. The van der Waals surface area contributed by atoms with Crippen LogP contribution in [-0.4, -0.2) is 20.2 Å². The van der Waals surface area contributed by atoms with E-state index in [1.54, 1.807) is 48.5 Å². The number of phenolic OH excluding ortho intramolecular Hbond substituents is 2. The molecule has 6 aromatic rings.